The maximum Gasteiger partial charge on any atom is 0.216 e. The van der Waals surface area contributed by atoms with E-state index in [0.717, 1.165) is 0 Å². The summed E-state index contributed by atoms with van der Waals surface area (Å²) in [7, 11) is -1.69. The van der Waals surface area contributed by atoms with Crippen molar-refractivity contribution in [1.82, 2.24) is 4.31 Å². The molecular weight excluding hydrogens is 192 g/mol. The van der Waals surface area contributed by atoms with Gasteiger partial charge in [0.25, 0.3) is 0 Å². The van der Waals surface area contributed by atoms with Gasteiger partial charge in [0.15, 0.2) is 0 Å². The molecule has 0 aromatic carbocycles. The van der Waals surface area contributed by atoms with Crippen molar-refractivity contribution in [1.29, 1.82) is 0 Å². The lowest BCUT2D eigenvalue weighted by molar-refractivity contribution is 0.215. The van der Waals surface area contributed by atoms with Crippen molar-refractivity contribution in [2.45, 2.75) is 6.92 Å². The predicted molar refractivity (Wildman–Crippen MR) is 52.0 cm³/mol. The van der Waals surface area contributed by atoms with E-state index >= 15 is 0 Å². The lowest BCUT2D eigenvalue weighted by Crippen LogP contribution is -2.37. The molecule has 0 unspecified atom stereocenters. The molecule has 0 spiro atoms. The summed E-state index contributed by atoms with van der Waals surface area (Å²) in [4.78, 5) is 0. The van der Waals surface area contributed by atoms with Crippen LogP contribution in [0.4, 0.5) is 0 Å². The van der Waals surface area contributed by atoms with Gasteiger partial charge in [0, 0.05) is 26.7 Å². The molecule has 0 aliphatic heterocycles. The molecule has 0 amide bonds. The van der Waals surface area contributed by atoms with Gasteiger partial charge in [-0.3, -0.25) is 0 Å². The number of nitrogens with two attached hydrogens (primary N) is 1. The van der Waals surface area contributed by atoms with Gasteiger partial charge in [0.2, 0.25) is 10.0 Å². The van der Waals surface area contributed by atoms with E-state index < -0.39 is 10.0 Å². The average molecular weight is 210 g/mol. The van der Waals surface area contributed by atoms with Gasteiger partial charge in [-0.2, -0.15) is 0 Å². The zero-order chi connectivity index (χ0) is 10.3. The number of likely N-dealkylation sites (N-methyl/N-ethyl adjacent to an activating group) is 1. The number of sulfonamides is 1. The van der Waals surface area contributed by atoms with Crippen molar-refractivity contribution in [2.75, 3.05) is 39.1 Å². The third-order valence-electron chi connectivity index (χ3n) is 1.67. The highest BCUT2D eigenvalue weighted by atomic mass is 32.2. The number of hydrogen-bond donors (Lipinski definition) is 1. The van der Waals surface area contributed by atoms with E-state index in [1.165, 1.54) is 11.4 Å². The first-order valence-corrected chi connectivity index (χ1v) is 5.86. The fourth-order valence-electron chi connectivity index (χ4n) is 0.956. The van der Waals surface area contributed by atoms with Crippen molar-refractivity contribution in [3.8, 4) is 0 Å². The number of nitrogens with zero attached hydrogens (tertiary/aromatic N) is 1. The molecule has 0 bridgehead atoms. The van der Waals surface area contributed by atoms with Crippen LogP contribution in [0, 0.1) is 0 Å². The van der Waals surface area contributed by atoms with Crippen LogP contribution in [0.5, 0.6) is 0 Å². The van der Waals surface area contributed by atoms with Crippen molar-refractivity contribution >= 4 is 10.0 Å². The molecule has 2 N–H and O–H groups in total. The zero-order valence-corrected chi connectivity index (χ0v) is 9.01. The number of rotatable bonds is 7. The Morgan fingerprint density at radius 3 is 2.46 bits per heavy atom. The molecule has 0 aromatic heterocycles. The Balaban J connectivity index is 4.21. The molecule has 13 heavy (non-hydrogen) atoms. The largest absolute Gasteiger partial charge is 0.384 e. The summed E-state index contributed by atoms with van der Waals surface area (Å²) in [6.07, 6.45) is 0. The van der Waals surface area contributed by atoms with Crippen molar-refractivity contribution in [3.05, 3.63) is 0 Å². The minimum Gasteiger partial charge on any atom is -0.384 e. The molecule has 0 saturated heterocycles. The number of methoxy groups -OCH3 is 1. The van der Waals surface area contributed by atoms with E-state index in [9.17, 15) is 8.42 Å². The second-order valence-corrected chi connectivity index (χ2v) is 4.68. The molecule has 0 aromatic rings. The molecule has 0 rings (SSSR count). The summed E-state index contributed by atoms with van der Waals surface area (Å²) in [6, 6.07) is 0. The molecule has 0 aliphatic rings. The summed E-state index contributed by atoms with van der Waals surface area (Å²) < 4.78 is 29.1. The molecule has 80 valence electrons. The fourth-order valence-corrected chi connectivity index (χ4v) is 2.37. The lowest BCUT2D eigenvalue weighted by Gasteiger charge is -2.18. The summed E-state index contributed by atoms with van der Waals surface area (Å²) in [5.74, 6) is 0.0251. The average Bonchev–Trinajstić information content (AvgIpc) is 2.10. The summed E-state index contributed by atoms with van der Waals surface area (Å²) in [5.41, 5.74) is 5.29. The van der Waals surface area contributed by atoms with Gasteiger partial charge in [-0.1, -0.05) is 6.92 Å². The predicted octanol–water partition coefficient (Wildman–Crippen LogP) is -0.757. The smallest absolute Gasteiger partial charge is 0.216 e. The van der Waals surface area contributed by atoms with E-state index in [2.05, 4.69) is 0 Å². The van der Waals surface area contributed by atoms with Gasteiger partial charge >= 0.3 is 0 Å². The van der Waals surface area contributed by atoms with Gasteiger partial charge < -0.3 is 10.5 Å². The third kappa shape index (κ3) is 4.56. The summed E-state index contributed by atoms with van der Waals surface area (Å²) >= 11 is 0. The van der Waals surface area contributed by atoms with Crippen molar-refractivity contribution in [3.63, 3.8) is 0 Å². The van der Waals surface area contributed by atoms with Gasteiger partial charge in [-0.15, -0.1) is 0 Å². The second kappa shape index (κ2) is 6.31. The first-order chi connectivity index (χ1) is 6.08. The van der Waals surface area contributed by atoms with Crippen LogP contribution in [-0.4, -0.2) is 51.8 Å². The minimum absolute atomic E-state index is 0.0251. The van der Waals surface area contributed by atoms with Crippen molar-refractivity contribution < 1.29 is 13.2 Å². The minimum atomic E-state index is -3.17. The maximum atomic E-state index is 11.5. The Morgan fingerprint density at radius 2 is 2.08 bits per heavy atom. The molecule has 0 radical (unpaired) electrons. The Hall–Kier alpha value is -0.170. The normalized spacial score (nSPS) is 12.3. The first-order valence-electron chi connectivity index (χ1n) is 4.25. The van der Waals surface area contributed by atoms with Crippen LogP contribution < -0.4 is 5.73 Å². The maximum absolute atomic E-state index is 11.5. The van der Waals surface area contributed by atoms with E-state index in [4.69, 9.17) is 10.5 Å². The summed E-state index contributed by atoms with van der Waals surface area (Å²) in [6.45, 7) is 3.20. The highest BCUT2D eigenvalue weighted by molar-refractivity contribution is 7.89. The Bertz CT molecular complexity index is 216. The van der Waals surface area contributed by atoms with Crippen LogP contribution in [0.3, 0.4) is 0 Å². The topological polar surface area (TPSA) is 72.6 Å². The van der Waals surface area contributed by atoms with Crippen LogP contribution >= 0.6 is 0 Å². The molecule has 5 nitrogen and oxygen atoms in total. The standard InChI is InChI=1S/C7H18N2O3S/c1-3-9(5-4-8)13(10,11)7-6-12-2/h3-8H2,1-2H3. The zero-order valence-electron chi connectivity index (χ0n) is 8.19. The Morgan fingerprint density at radius 1 is 1.46 bits per heavy atom. The van der Waals surface area contributed by atoms with Crippen LogP contribution in [-0.2, 0) is 14.8 Å². The molecule has 0 atom stereocenters. The molecule has 0 heterocycles. The highest BCUT2D eigenvalue weighted by Gasteiger charge is 2.18. The fraction of sp³-hybridized carbons (Fsp3) is 1.00. The van der Waals surface area contributed by atoms with Gasteiger partial charge in [-0.25, -0.2) is 12.7 Å². The van der Waals surface area contributed by atoms with E-state index in [1.807, 2.05) is 0 Å². The van der Waals surface area contributed by atoms with Gasteiger partial charge in [0.1, 0.15) is 0 Å². The number of hydrogen-bond acceptors (Lipinski definition) is 4. The Kier molecular flexibility index (Phi) is 6.23. The molecular formula is C7H18N2O3S. The lowest BCUT2D eigenvalue weighted by atomic mass is 10.6. The monoisotopic (exact) mass is 210 g/mol. The third-order valence-corrected chi connectivity index (χ3v) is 3.58. The van der Waals surface area contributed by atoms with Gasteiger partial charge in [0.05, 0.1) is 12.4 Å². The molecule has 6 heteroatoms. The molecule has 0 saturated carbocycles. The summed E-state index contributed by atoms with van der Waals surface area (Å²) in [5, 5.41) is 0. The highest BCUT2D eigenvalue weighted by Crippen LogP contribution is 1.99. The quantitative estimate of drug-likeness (QED) is 0.599. The molecule has 0 fully saturated rings. The molecule has 0 aliphatic carbocycles. The van der Waals surface area contributed by atoms with E-state index in [1.54, 1.807) is 6.92 Å². The Labute approximate surface area is 79.9 Å². The first kappa shape index (κ1) is 12.8. The van der Waals surface area contributed by atoms with Crippen LogP contribution in [0.2, 0.25) is 0 Å². The van der Waals surface area contributed by atoms with Crippen LogP contribution in [0.15, 0.2) is 0 Å². The SMILES string of the molecule is CCN(CCN)S(=O)(=O)CCOC. The van der Waals surface area contributed by atoms with E-state index in [-0.39, 0.29) is 12.4 Å². The second-order valence-electron chi connectivity index (χ2n) is 2.59. The van der Waals surface area contributed by atoms with Crippen LogP contribution in [0.1, 0.15) is 6.92 Å². The number of ether oxygens (including phenoxy) is 1. The van der Waals surface area contributed by atoms with Gasteiger partial charge in [-0.05, 0) is 0 Å². The van der Waals surface area contributed by atoms with Crippen LogP contribution in [0.25, 0.3) is 0 Å². The van der Waals surface area contributed by atoms with Crippen molar-refractivity contribution in [2.24, 2.45) is 5.73 Å². The van der Waals surface area contributed by atoms with E-state index in [0.29, 0.717) is 19.6 Å².